The predicted octanol–water partition coefficient (Wildman–Crippen LogP) is 0.0873. The molecule has 0 amide bonds. The van der Waals surface area contributed by atoms with Gasteiger partial charge in [0.1, 0.15) is 0 Å². The van der Waals surface area contributed by atoms with Crippen molar-refractivity contribution in [2.45, 2.75) is 0 Å². The lowest BCUT2D eigenvalue weighted by Gasteiger charge is -2.31. The first-order valence-electron chi connectivity index (χ1n) is 7.64. The van der Waals surface area contributed by atoms with Crippen molar-refractivity contribution in [3.63, 3.8) is 0 Å². The second-order valence-corrected chi connectivity index (χ2v) is 5.69. The molecule has 0 atom stereocenters. The van der Waals surface area contributed by atoms with E-state index >= 15 is 0 Å². The molecule has 0 bridgehead atoms. The van der Waals surface area contributed by atoms with Crippen LogP contribution in [0.15, 0.2) is 24.4 Å². The average Bonchev–Trinajstić information content (AvgIpc) is 2.89. The van der Waals surface area contributed by atoms with Crippen LogP contribution in [0.2, 0.25) is 0 Å². The Labute approximate surface area is 135 Å². The number of anilines is 2. The summed E-state index contributed by atoms with van der Waals surface area (Å²) in [5, 5.41) is 4.03. The summed E-state index contributed by atoms with van der Waals surface area (Å²) in [6.45, 7) is 5.43. The molecule has 0 spiro atoms. The van der Waals surface area contributed by atoms with Gasteiger partial charge in [0, 0.05) is 32.7 Å². The molecule has 4 N–H and O–H groups in total. The van der Waals surface area contributed by atoms with Crippen LogP contribution < -0.4 is 11.5 Å². The van der Waals surface area contributed by atoms with Crippen LogP contribution in [-0.2, 0) is 0 Å². The lowest BCUT2D eigenvalue weighted by Crippen LogP contribution is -2.44. The topological polar surface area (TPSA) is 102 Å². The van der Waals surface area contributed by atoms with Crippen LogP contribution in [0.4, 0.5) is 11.9 Å². The normalized spacial score (nSPS) is 17.1. The van der Waals surface area contributed by atoms with Crippen molar-refractivity contribution in [3.05, 3.63) is 30.1 Å². The molecule has 8 heteroatoms. The van der Waals surface area contributed by atoms with Crippen LogP contribution in [0, 0.1) is 0 Å². The van der Waals surface area contributed by atoms with Crippen molar-refractivity contribution < 1.29 is 0 Å². The molecule has 0 aromatic carbocycles. The van der Waals surface area contributed by atoms with E-state index in [0.29, 0.717) is 0 Å². The number of likely N-dealkylation sites (N-methyl/N-ethyl adjacent to an activating group) is 1. The molecule has 23 heavy (non-hydrogen) atoms. The Morgan fingerprint density at radius 1 is 1.17 bits per heavy atom. The number of hydrogen-bond acceptors (Lipinski definition) is 7. The van der Waals surface area contributed by atoms with Gasteiger partial charge in [-0.3, -0.25) is 9.88 Å². The van der Waals surface area contributed by atoms with Gasteiger partial charge in [-0.1, -0.05) is 6.08 Å². The highest BCUT2D eigenvalue weighted by molar-refractivity contribution is 5.47. The van der Waals surface area contributed by atoms with E-state index in [1.54, 1.807) is 6.20 Å². The number of nitrogens with zero attached hydrogens (tertiary/aromatic N) is 6. The first-order chi connectivity index (χ1) is 11.1. The number of nitrogen functional groups attached to an aromatic ring is 2. The van der Waals surface area contributed by atoms with Crippen LogP contribution in [0.5, 0.6) is 0 Å². The van der Waals surface area contributed by atoms with Gasteiger partial charge in [-0.25, -0.2) is 0 Å². The molecule has 1 aliphatic heterocycles. The number of hydrogen-bond donors (Lipinski definition) is 2. The van der Waals surface area contributed by atoms with Crippen molar-refractivity contribution in [2.75, 3.05) is 51.2 Å². The molecular weight excluding hydrogens is 292 g/mol. The van der Waals surface area contributed by atoms with Gasteiger partial charge >= 0.3 is 0 Å². The van der Waals surface area contributed by atoms with Gasteiger partial charge < -0.3 is 16.4 Å². The number of piperazine rings is 1. The SMILES string of the molecule is CN1CCN(CC=Cc2ccc(-n3nc(N)nc3N)cn2)CC1. The molecule has 2 aromatic rings. The third-order valence-electron chi connectivity index (χ3n) is 3.91. The lowest BCUT2D eigenvalue weighted by molar-refractivity contribution is 0.167. The summed E-state index contributed by atoms with van der Waals surface area (Å²) in [7, 11) is 2.16. The molecule has 3 heterocycles. The van der Waals surface area contributed by atoms with Crippen molar-refractivity contribution in [1.29, 1.82) is 0 Å². The third kappa shape index (κ3) is 3.85. The molecule has 0 unspecified atom stereocenters. The Morgan fingerprint density at radius 3 is 2.57 bits per heavy atom. The lowest BCUT2D eigenvalue weighted by atomic mass is 10.3. The molecule has 1 aliphatic rings. The minimum atomic E-state index is 0.152. The van der Waals surface area contributed by atoms with Crippen LogP contribution in [-0.4, -0.2) is 69.3 Å². The molecular formula is C15H22N8. The summed E-state index contributed by atoms with van der Waals surface area (Å²) in [6.07, 6.45) is 5.89. The summed E-state index contributed by atoms with van der Waals surface area (Å²) < 4.78 is 1.47. The van der Waals surface area contributed by atoms with Gasteiger partial charge in [-0.15, -0.1) is 5.10 Å². The Morgan fingerprint density at radius 2 is 1.96 bits per heavy atom. The minimum absolute atomic E-state index is 0.152. The second-order valence-electron chi connectivity index (χ2n) is 5.69. The van der Waals surface area contributed by atoms with Gasteiger partial charge in [-0.2, -0.15) is 9.67 Å². The first kappa shape index (κ1) is 15.4. The van der Waals surface area contributed by atoms with Gasteiger partial charge in [0.05, 0.1) is 17.6 Å². The fourth-order valence-corrected chi connectivity index (χ4v) is 2.51. The monoisotopic (exact) mass is 314 g/mol. The zero-order valence-electron chi connectivity index (χ0n) is 13.3. The van der Waals surface area contributed by atoms with Gasteiger partial charge in [-0.05, 0) is 25.3 Å². The van der Waals surface area contributed by atoms with Crippen molar-refractivity contribution in [1.82, 2.24) is 29.5 Å². The molecule has 3 rings (SSSR count). The molecule has 1 fully saturated rings. The standard InChI is InChI=1S/C15H22N8/c1-21-7-9-22(10-8-21)6-2-3-12-4-5-13(11-18-12)23-15(17)19-14(16)20-23/h2-5,11H,6-10H2,1H3,(H4,16,17,19,20). The highest BCUT2D eigenvalue weighted by Crippen LogP contribution is 2.12. The fraction of sp³-hybridized carbons (Fsp3) is 0.400. The molecule has 0 radical (unpaired) electrons. The van der Waals surface area contributed by atoms with Crippen LogP contribution in [0.3, 0.4) is 0 Å². The van der Waals surface area contributed by atoms with Crippen LogP contribution in [0.1, 0.15) is 5.69 Å². The van der Waals surface area contributed by atoms with Crippen molar-refractivity contribution in [2.24, 2.45) is 0 Å². The summed E-state index contributed by atoms with van der Waals surface area (Å²) in [6, 6.07) is 3.82. The smallest absolute Gasteiger partial charge is 0.241 e. The number of rotatable bonds is 4. The second kappa shape index (κ2) is 6.76. The largest absolute Gasteiger partial charge is 0.368 e. The Balaban J connectivity index is 1.59. The van der Waals surface area contributed by atoms with Gasteiger partial charge in [0.15, 0.2) is 0 Å². The maximum atomic E-state index is 5.74. The first-order valence-corrected chi connectivity index (χ1v) is 7.64. The highest BCUT2D eigenvalue weighted by atomic mass is 15.4. The summed E-state index contributed by atoms with van der Waals surface area (Å²) in [5.41, 5.74) is 12.9. The van der Waals surface area contributed by atoms with Crippen LogP contribution in [0.25, 0.3) is 11.8 Å². The van der Waals surface area contributed by atoms with E-state index < -0.39 is 0 Å². The zero-order chi connectivity index (χ0) is 16.2. The quantitative estimate of drug-likeness (QED) is 0.824. The van der Waals surface area contributed by atoms with E-state index in [4.69, 9.17) is 11.5 Å². The highest BCUT2D eigenvalue weighted by Gasteiger charge is 2.11. The zero-order valence-corrected chi connectivity index (χ0v) is 13.3. The van der Waals surface area contributed by atoms with Crippen molar-refractivity contribution >= 4 is 18.0 Å². The van der Waals surface area contributed by atoms with E-state index in [9.17, 15) is 0 Å². The Hall–Kier alpha value is -2.45. The van der Waals surface area contributed by atoms with E-state index in [1.165, 1.54) is 4.68 Å². The Bertz CT molecular complexity index is 667. The van der Waals surface area contributed by atoms with Crippen molar-refractivity contribution in [3.8, 4) is 5.69 Å². The fourth-order valence-electron chi connectivity index (χ4n) is 2.51. The number of aromatic nitrogens is 4. The van der Waals surface area contributed by atoms with E-state index in [1.807, 2.05) is 18.2 Å². The molecule has 0 saturated carbocycles. The van der Waals surface area contributed by atoms with E-state index in [2.05, 4.69) is 38.0 Å². The maximum Gasteiger partial charge on any atom is 0.241 e. The molecule has 122 valence electrons. The third-order valence-corrected chi connectivity index (χ3v) is 3.91. The average molecular weight is 314 g/mol. The van der Waals surface area contributed by atoms with E-state index in [-0.39, 0.29) is 11.9 Å². The molecule has 0 aliphatic carbocycles. The number of nitrogens with two attached hydrogens (primary N) is 2. The minimum Gasteiger partial charge on any atom is -0.368 e. The van der Waals surface area contributed by atoms with E-state index in [0.717, 1.165) is 44.1 Å². The molecule has 1 saturated heterocycles. The van der Waals surface area contributed by atoms with Gasteiger partial charge in [0.2, 0.25) is 11.9 Å². The predicted molar refractivity (Wildman–Crippen MR) is 90.9 cm³/mol. The molecule has 2 aromatic heterocycles. The summed E-state index contributed by atoms with van der Waals surface area (Å²) >= 11 is 0. The summed E-state index contributed by atoms with van der Waals surface area (Å²) in [4.78, 5) is 13.1. The van der Waals surface area contributed by atoms with Gasteiger partial charge in [0.25, 0.3) is 0 Å². The summed E-state index contributed by atoms with van der Waals surface area (Å²) in [5.74, 6) is 0.404. The maximum absolute atomic E-state index is 5.74. The number of pyridine rings is 1. The Kier molecular flexibility index (Phi) is 4.54. The molecule has 8 nitrogen and oxygen atoms in total. The van der Waals surface area contributed by atoms with Crippen LogP contribution >= 0.6 is 0 Å².